The van der Waals surface area contributed by atoms with Gasteiger partial charge in [0, 0.05) is 24.5 Å². The van der Waals surface area contributed by atoms with Gasteiger partial charge in [0.1, 0.15) is 11.6 Å². The predicted octanol–water partition coefficient (Wildman–Crippen LogP) is 2.37. The second kappa shape index (κ2) is 7.07. The van der Waals surface area contributed by atoms with E-state index in [4.69, 9.17) is 5.84 Å². The maximum Gasteiger partial charge on any atom is 0.126 e. The van der Waals surface area contributed by atoms with Gasteiger partial charge in [-0.15, -0.1) is 0 Å². The highest BCUT2D eigenvalue weighted by atomic mass is 19.1. The first-order chi connectivity index (χ1) is 9.67. The van der Waals surface area contributed by atoms with Crippen LogP contribution in [0, 0.1) is 11.6 Å². The number of benzene rings is 1. The highest BCUT2D eigenvalue weighted by Gasteiger charge is 2.10. The Kier molecular flexibility index (Phi) is 5.15. The molecule has 2 aromatic rings. The van der Waals surface area contributed by atoms with Gasteiger partial charge in [0.05, 0.1) is 0 Å². The lowest BCUT2D eigenvalue weighted by Gasteiger charge is -2.16. The second-order valence-corrected chi connectivity index (χ2v) is 4.74. The summed E-state index contributed by atoms with van der Waals surface area (Å²) in [6, 6.07) is 7.37. The van der Waals surface area contributed by atoms with E-state index in [1.54, 1.807) is 12.4 Å². The van der Waals surface area contributed by atoms with Crippen LogP contribution in [0.1, 0.15) is 17.5 Å². The Morgan fingerprint density at radius 3 is 2.30 bits per heavy atom. The van der Waals surface area contributed by atoms with Crippen LogP contribution < -0.4 is 11.3 Å². The number of nitrogens with one attached hydrogen (secondary N) is 1. The van der Waals surface area contributed by atoms with Crippen LogP contribution >= 0.6 is 0 Å². The number of rotatable bonds is 6. The van der Waals surface area contributed by atoms with Crippen molar-refractivity contribution in [1.82, 2.24) is 10.4 Å². The van der Waals surface area contributed by atoms with E-state index in [1.165, 1.54) is 12.1 Å². The molecule has 1 heterocycles. The summed E-state index contributed by atoms with van der Waals surface area (Å²) in [5.74, 6) is 4.38. The molecule has 1 atom stereocenters. The van der Waals surface area contributed by atoms with E-state index in [0.29, 0.717) is 12.0 Å². The molecular weight excluding hydrogens is 260 g/mol. The zero-order valence-corrected chi connectivity index (χ0v) is 11.0. The van der Waals surface area contributed by atoms with Crippen molar-refractivity contribution < 1.29 is 8.78 Å². The minimum atomic E-state index is -0.565. The third-order valence-electron chi connectivity index (χ3n) is 3.17. The van der Waals surface area contributed by atoms with E-state index >= 15 is 0 Å². The number of nitrogens with two attached hydrogens (primary N) is 1. The summed E-state index contributed by atoms with van der Waals surface area (Å²) in [5, 5.41) is 0. The molecule has 0 spiro atoms. The van der Waals surface area contributed by atoms with Crippen LogP contribution in [0.15, 0.2) is 42.7 Å². The van der Waals surface area contributed by atoms with E-state index < -0.39 is 11.6 Å². The van der Waals surface area contributed by atoms with E-state index in [1.807, 2.05) is 12.1 Å². The molecular formula is C15H17F2N3. The first-order valence-corrected chi connectivity index (χ1v) is 6.47. The quantitative estimate of drug-likeness (QED) is 0.629. The monoisotopic (exact) mass is 277 g/mol. The largest absolute Gasteiger partial charge is 0.271 e. The summed E-state index contributed by atoms with van der Waals surface area (Å²) in [5.41, 5.74) is 4.45. The van der Waals surface area contributed by atoms with Crippen LogP contribution in [0.5, 0.6) is 0 Å². The number of pyridine rings is 1. The molecule has 2 rings (SSSR count). The van der Waals surface area contributed by atoms with Gasteiger partial charge in [-0.25, -0.2) is 8.78 Å². The molecule has 106 valence electrons. The van der Waals surface area contributed by atoms with Crippen molar-refractivity contribution in [3.63, 3.8) is 0 Å². The van der Waals surface area contributed by atoms with Gasteiger partial charge in [-0.3, -0.25) is 16.3 Å². The molecule has 0 saturated heterocycles. The lowest BCUT2D eigenvalue weighted by molar-refractivity contribution is 0.487. The smallest absolute Gasteiger partial charge is 0.126 e. The van der Waals surface area contributed by atoms with Gasteiger partial charge in [0.25, 0.3) is 0 Å². The summed E-state index contributed by atoms with van der Waals surface area (Å²) >= 11 is 0. The SMILES string of the molecule is NNC(CCc1ccncc1)Cc1cc(F)cc(F)c1. The Morgan fingerprint density at radius 2 is 1.70 bits per heavy atom. The minimum absolute atomic E-state index is 0.0376. The first-order valence-electron chi connectivity index (χ1n) is 6.47. The maximum atomic E-state index is 13.1. The first kappa shape index (κ1) is 14.6. The van der Waals surface area contributed by atoms with E-state index in [0.717, 1.165) is 24.5 Å². The number of aryl methyl sites for hydroxylation is 1. The van der Waals surface area contributed by atoms with Crippen LogP contribution in [0.25, 0.3) is 0 Å². The normalized spacial score (nSPS) is 12.3. The van der Waals surface area contributed by atoms with Gasteiger partial charge in [-0.2, -0.15) is 0 Å². The molecule has 0 aliphatic rings. The minimum Gasteiger partial charge on any atom is -0.271 e. The topological polar surface area (TPSA) is 50.9 Å². The van der Waals surface area contributed by atoms with Crippen LogP contribution in [0.3, 0.4) is 0 Å². The van der Waals surface area contributed by atoms with Crippen molar-refractivity contribution in [1.29, 1.82) is 0 Å². The third kappa shape index (κ3) is 4.36. The summed E-state index contributed by atoms with van der Waals surface area (Å²) in [4.78, 5) is 3.96. The van der Waals surface area contributed by atoms with Crippen molar-refractivity contribution in [3.05, 3.63) is 65.5 Å². The van der Waals surface area contributed by atoms with Crippen LogP contribution in [-0.4, -0.2) is 11.0 Å². The standard InChI is InChI=1S/C15H17F2N3/c16-13-7-12(8-14(17)10-13)9-15(20-18)2-1-11-3-5-19-6-4-11/h3-8,10,15,20H,1-2,9,18H2. The highest BCUT2D eigenvalue weighted by Crippen LogP contribution is 2.12. The number of hydrazine groups is 1. The van der Waals surface area contributed by atoms with Crippen molar-refractivity contribution in [3.8, 4) is 0 Å². The van der Waals surface area contributed by atoms with Crippen LogP contribution in [0.2, 0.25) is 0 Å². The van der Waals surface area contributed by atoms with E-state index in [-0.39, 0.29) is 6.04 Å². The summed E-state index contributed by atoms with van der Waals surface area (Å²) in [6.07, 6.45) is 5.56. The highest BCUT2D eigenvalue weighted by molar-refractivity contribution is 5.19. The average Bonchev–Trinajstić information content (AvgIpc) is 2.43. The average molecular weight is 277 g/mol. The third-order valence-corrected chi connectivity index (χ3v) is 3.17. The van der Waals surface area contributed by atoms with E-state index in [2.05, 4.69) is 10.4 Å². The van der Waals surface area contributed by atoms with Gasteiger partial charge in [-0.05, 0) is 54.7 Å². The molecule has 0 radical (unpaired) electrons. The molecule has 20 heavy (non-hydrogen) atoms. The molecule has 0 amide bonds. The van der Waals surface area contributed by atoms with Crippen LogP contribution in [-0.2, 0) is 12.8 Å². The molecule has 0 aliphatic heterocycles. The lowest BCUT2D eigenvalue weighted by atomic mass is 10.00. The molecule has 0 fully saturated rings. The van der Waals surface area contributed by atoms with Crippen LogP contribution in [0.4, 0.5) is 8.78 Å². The Bertz CT molecular complexity index is 526. The number of hydrogen-bond donors (Lipinski definition) is 2. The Balaban J connectivity index is 1.95. The number of aromatic nitrogens is 1. The summed E-state index contributed by atoms with van der Waals surface area (Å²) < 4.78 is 26.3. The molecule has 1 unspecified atom stereocenters. The van der Waals surface area contributed by atoms with Gasteiger partial charge in [-0.1, -0.05) is 0 Å². The van der Waals surface area contributed by atoms with Crippen molar-refractivity contribution >= 4 is 0 Å². The number of halogens is 2. The molecule has 5 heteroatoms. The van der Waals surface area contributed by atoms with E-state index in [9.17, 15) is 8.78 Å². The number of nitrogens with zero attached hydrogens (tertiary/aromatic N) is 1. The van der Waals surface area contributed by atoms with Gasteiger partial charge < -0.3 is 0 Å². The van der Waals surface area contributed by atoms with Gasteiger partial charge in [0.15, 0.2) is 0 Å². The Labute approximate surface area is 116 Å². The molecule has 1 aromatic heterocycles. The Hall–Kier alpha value is -1.85. The molecule has 1 aromatic carbocycles. The fraction of sp³-hybridized carbons (Fsp3) is 0.267. The Morgan fingerprint density at radius 1 is 1.05 bits per heavy atom. The molecule has 3 N–H and O–H groups in total. The molecule has 0 saturated carbocycles. The molecule has 0 aliphatic carbocycles. The fourth-order valence-corrected chi connectivity index (χ4v) is 2.15. The maximum absolute atomic E-state index is 13.1. The zero-order valence-electron chi connectivity index (χ0n) is 11.0. The molecule has 0 bridgehead atoms. The van der Waals surface area contributed by atoms with Gasteiger partial charge >= 0.3 is 0 Å². The second-order valence-electron chi connectivity index (χ2n) is 4.74. The zero-order chi connectivity index (χ0) is 14.4. The van der Waals surface area contributed by atoms with Crippen molar-refractivity contribution in [2.75, 3.05) is 0 Å². The number of hydrogen-bond acceptors (Lipinski definition) is 3. The predicted molar refractivity (Wildman–Crippen MR) is 73.7 cm³/mol. The summed E-state index contributed by atoms with van der Waals surface area (Å²) in [7, 11) is 0. The fourth-order valence-electron chi connectivity index (χ4n) is 2.15. The lowest BCUT2D eigenvalue weighted by Crippen LogP contribution is -2.37. The molecule has 3 nitrogen and oxygen atoms in total. The summed E-state index contributed by atoms with van der Waals surface area (Å²) in [6.45, 7) is 0. The van der Waals surface area contributed by atoms with Gasteiger partial charge in [0.2, 0.25) is 0 Å². The van der Waals surface area contributed by atoms with Crippen molar-refractivity contribution in [2.24, 2.45) is 5.84 Å². The van der Waals surface area contributed by atoms with Crippen molar-refractivity contribution in [2.45, 2.75) is 25.3 Å².